The van der Waals surface area contributed by atoms with E-state index in [-0.39, 0.29) is 216 Å². The summed E-state index contributed by atoms with van der Waals surface area (Å²) in [5, 5.41) is 75.1. The molecule has 4 aliphatic heterocycles. The first-order valence-electron chi connectivity index (χ1n) is 29.7. The number of nitrogens with two attached hydrogens (primary N) is 3. The Kier molecular flexibility index (Phi) is 58.2. The van der Waals surface area contributed by atoms with E-state index in [1.165, 1.54) is 86.4 Å². The topological polar surface area (TPSA) is 380 Å². The minimum atomic E-state index is -1.14. The van der Waals surface area contributed by atoms with Crippen LogP contribution < -0.4 is 31.8 Å². The van der Waals surface area contributed by atoms with Crippen LogP contribution in [0.5, 0.6) is 28.7 Å². The van der Waals surface area contributed by atoms with Crippen molar-refractivity contribution < 1.29 is 204 Å². The SMILES string of the molecule is BrBr.C/C=C/c1cc(Br)c(F)cc1O.CCC.N#C[C@H]1CCOCC1n1cc(C(N)=O)c(N)n1.N#C[C@H]1CCOCC1n1cc(C(N)=O)c(Nc2cc3c(cc2F)OB(O)C=C3)n1.O=Cc1cc(Br)c(F)cc1O.O=Cc1ccc(F)cc1O.OB1C=Cc2cc(Br)c(F)cc2O1.PPPPPP.[Ir].[Y].[Y].[Y]. The number of aldehydes is 2. The van der Waals surface area contributed by atoms with Gasteiger partial charge in [-0.2, -0.15) is 20.7 Å². The van der Waals surface area contributed by atoms with Gasteiger partial charge in [-0.05, 0) is 116 Å². The van der Waals surface area contributed by atoms with Crippen LogP contribution >= 0.6 is 126 Å². The minimum Gasteiger partial charge on any atom is -0.532 e. The first-order chi connectivity index (χ1) is 49.1. The summed E-state index contributed by atoms with van der Waals surface area (Å²) in [5.41, 5.74) is 18.5. The number of phenols is 3. The van der Waals surface area contributed by atoms with Crippen molar-refractivity contribution in [1.29, 1.82) is 10.5 Å². The van der Waals surface area contributed by atoms with Crippen molar-refractivity contribution in [2.75, 3.05) is 37.5 Å². The summed E-state index contributed by atoms with van der Waals surface area (Å²) in [4.78, 5) is 43.2. The molecule has 6 heterocycles. The second kappa shape index (κ2) is 58.1. The van der Waals surface area contributed by atoms with Gasteiger partial charge in [0.15, 0.2) is 24.2 Å². The number of aromatic nitrogens is 4. The number of fused-ring (bicyclic) bond motifs is 2. The number of carbonyl (C=O) groups excluding carboxylic acids is 4. The molecule has 5 aromatic carbocycles. The number of phenolic OH excluding ortho intramolecular Hbond substituents is 3. The fourth-order valence-electron chi connectivity index (χ4n) is 8.58. The van der Waals surface area contributed by atoms with E-state index in [2.05, 4.69) is 135 Å². The third-order valence-corrected chi connectivity index (χ3v) is 31.8. The summed E-state index contributed by atoms with van der Waals surface area (Å²) in [6.07, 6.45) is 13.0. The summed E-state index contributed by atoms with van der Waals surface area (Å²) in [7, 11) is 8.11. The van der Waals surface area contributed by atoms with Crippen LogP contribution in [0.3, 0.4) is 0 Å². The Labute approximate surface area is 756 Å². The molecule has 10 atom stereocenters. The molecule has 7 aromatic rings. The van der Waals surface area contributed by atoms with Crippen LogP contribution in [0.2, 0.25) is 0 Å². The van der Waals surface area contributed by atoms with Gasteiger partial charge in [0.25, 0.3) is 11.8 Å². The molecule has 0 bridgehead atoms. The summed E-state index contributed by atoms with van der Waals surface area (Å²) in [5.74, 6) is -1.65. The number of ether oxygens (including phenoxy) is 2. The molecule has 107 heavy (non-hydrogen) atoms. The minimum absolute atomic E-state index is 0. The molecule has 8 unspecified atom stereocenters. The number of primary amides is 2. The molecular formula is C62H68B2Br5F5IrN10O13P6Y3. The molecule has 4 aliphatic rings. The summed E-state index contributed by atoms with van der Waals surface area (Å²) < 4.78 is 89.8. The number of carbonyl (C=O) groups is 4. The first-order valence-corrected chi connectivity index (χ1v) is 46.4. The number of nitriles is 2. The van der Waals surface area contributed by atoms with Crippen LogP contribution in [-0.4, -0.2) is 110 Å². The van der Waals surface area contributed by atoms with E-state index in [4.69, 9.17) is 56.5 Å². The second-order valence-corrected chi connectivity index (χ2v) is 37.3. The Hall–Kier alpha value is -1.84. The molecule has 12 N–H and O–H groups in total. The molecular weight excluding hydrogens is 2250 g/mol. The van der Waals surface area contributed by atoms with E-state index in [1.807, 2.05) is 6.92 Å². The van der Waals surface area contributed by atoms with Crippen molar-refractivity contribution >= 4 is 200 Å². The van der Waals surface area contributed by atoms with Gasteiger partial charge in [-0.3, -0.25) is 28.5 Å². The van der Waals surface area contributed by atoms with Crippen molar-refractivity contribution in [3.8, 4) is 40.9 Å². The van der Waals surface area contributed by atoms with Crippen molar-refractivity contribution in [3.05, 3.63) is 179 Å². The number of benzene rings is 5. The normalized spacial score (nSPS) is 15.4. The Morgan fingerprint density at radius 1 is 0.673 bits per heavy atom. The van der Waals surface area contributed by atoms with Gasteiger partial charge in [0.05, 0.1) is 79.5 Å². The maximum absolute atomic E-state index is 14.5. The quantitative estimate of drug-likeness (QED) is 0.0180. The number of nitrogens with zero attached hydrogens (tertiary/aromatic N) is 6. The predicted octanol–water partition coefficient (Wildman–Crippen LogP) is 16.0. The number of allylic oxidation sites excluding steroid dienone is 1. The number of hydrogen-bond acceptors (Lipinski definition) is 19. The number of hydrogen-bond donors (Lipinski definition) is 9. The predicted molar refractivity (Wildman–Crippen MR) is 424 cm³/mol. The molecule has 0 saturated carbocycles. The van der Waals surface area contributed by atoms with E-state index >= 15 is 0 Å². The van der Waals surface area contributed by atoms with E-state index in [0.29, 0.717) is 71.1 Å². The van der Waals surface area contributed by atoms with Crippen LogP contribution in [0.1, 0.15) is 110 Å². The summed E-state index contributed by atoms with van der Waals surface area (Å²) >= 11 is 14.5. The van der Waals surface area contributed by atoms with E-state index in [1.54, 1.807) is 30.4 Å². The molecule has 2 amide bonds. The van der Waals surface area contributed by atoms with Gasteiger partial charge in [-0.15, -0.1) is 17.9 Å². The number of anilines is 3. The van der Waals surface area contributed by atoms with Gasteiger partial charge in [0, 0.05) is 219 Å². The molecule has 2 saturated heterocycles. The average molecular weight is 2320 g/mol. The molecule has 4 radical (unpaired) electrons. The molecule has 0 spiro atoms. The van der Waals surface area contributed by atoms with Gasteiger partial charge < -0.3 is 66.7 Å². The number of amides is 2. The van der Waals surface area contributed by atoms with Crippen LogP contribution in [0.25, 0.3) is 18.2 Å². The fraction of sp³-hybridized carbons (Fsp3) is 0.226. The number of nitrogen functional groups attached to an aromatic ring is 1. The Morgan fingerprint density at radius 3 is 1.53 bits per heavy atom. The molecule has 568 valence electrons. The molecule has 2 fully saturated rings. The molecule has 0 aliphatic carbocycles. The maximum Gasteiger partial charge on any atom is 0.552 e. The van der Waals surface area contributed by atoms with Crippen LogP contribution in [0.4, 0.5) is 39.3 Å². The zero-order valence-electron chi connectivity index (χ0n) is 56.5. The number of rotatable bonds is 12. The third-order valence-electron chi connectivity index (χ3n) is 13.4. The van der Waals surface area contributed by atoms with Gasteiger partial charge >= 0.3 is 14.2 Å². The van der Waals surface area contributed by atoms with Crippen molar-refractivity contribution in [1.82, 2.24) is 19.6 Å². The van der Waals surface area contributed by atoms with E-state index < -0.39 is 55.1 Å². The smallest absolute Gasteiger partial charge is 0.532 e. The Morgan fingerprint density at radius 2 is 1.09 bits per heavy atom. The third kappa shape index (κ3) is 36.3. The van der Waals surface area contributed by atoms with Gasteiger partial charge in [0.1, 0.15) is 69.0 Å². The van der Waals surface area contributed by atoms with Crippen molar-refractivity contribution in [2.45, 2.75) is 52.1 Å². The molecule has 45 heteroatoms. The van der Waals surface area contributed by atoms with Gasteiger partial charge in [0.2, 0.25) is 0 Å². The van der Waals surface area contributed by atoms with Crippen LogP contribution in [0.15, 0.2) is 111 Å². The van der Waals surface area contributed by atoms with Crippen molar-refractivity contribution in [3.63, 3.8) is 0 Å². The fourth-order valence-corrected chi connectivity index (χ4v) is 27.1. The largest absolute Gasteiger partial charge is 0.552 e. The number of aromatic hydroxyl groups is 3. The zero-order chi connectivity index (χ0) is 77.0. The monoisotopic (exact) mass is 2320 g/mol. The maximum atomic E-state index is 14.5. The van der Waals surface area contributed by atoms with Gasteiger partial charge in [-0.1, -0.05) is 76.4 Å². The number of halogens is 10. The Bertz CT molecular complexity index is 4200. The summed E-state index contributed by atoms with van der Waals surface area (Å²) in [6, 6.07) is 17.2. The molecule has 2 aromatic heterocycles. The van der Waals surface area contributed by atoms with E-state index in [9.17, 15) is 56.5 Å². The van der Waals surface area contributed by atoms with Crippen LogP contribution in [0, 0.1) is 63.6 Å². The van der Waals surface area contributed by atoms with Gasteiger partial charge in [-0.25, -0.2) is 22.0 Å². The molecule has 23 nitrogen and oxygen atoms in total. The Balaban J connectivity index is 0. The number of nitrogens with one attached hydrogen (secondary N) is 1. The average Bonchev–Trinajstić information content (AvgIpc) is 1.76. The second-order valence-electron chi connectivity index (χ2n) is 20.7. The first kappa shape index (κ1) is 107. The summed E-state index contributed by atoms with van der Waals surface area (Å²) in [6.45, 7) is 7.78. The van der Waals surface area contributed by atoms with E-state index in [0.717, 1.165) is 51.8 Å². The standard InChI is InChI=1S/C18H17BFN5O4.C10H13N5O2.C9H8BrFO.C8H5BBrFO2.C7H4BrFO2.C7H5FO2.C3H8.Br2.Ir.H8P6.3Y/c20-13-6-16-10(1-3-19(27)29-16)5-14(13)23-18-12(17(22)26)8-25(24-18)15-9-28-4-2-11(15)7-21;11-3-6-1-2-17-5-8(6)15-4-7(10(13)16)9(12)14-15;1-2-3-6-4-7(10)8(11)5-9(6)12;10-6-3-5-1-2-9(12)13-8(5)4-7(6)11;8-5-1-4(3-10)7(11)2-6(5)9;8-6-2-1-5(4-9)7(10)3-6;1-3-2;1-2;;1-3-5-6-4-2;;;/h1,3,5-6,8,11,15,27H,2,4,9H2,(H2,22,26)(H,23,24);4,6,8H,1-2,5H2,(H2,12,14)(H2,13,16);2-5,12H,1H3;1-4,12H;1-3,11H;1-4,10H;3H2,1-2H3;;;3-6H,1-2H2;;;/b;;3-2+;;;;;;;;;;/t11-,15?;6-,8?;;;;;;;;;;;/m11.........../s1. The molecule has 11 rings (SSSR count). The van der Waals surface area contributed by atoms with Crippen molar-refractivity contribution in [2.24, 2.45) is 23.3 Å². The zero-order valence-corrected chi connectivity index (χ0v) is 81.6. The van der Waals surface area contributed by atoms with Crippen LogP contribution in [-0.2, 0) is 128 Å².